The van der Waals surface area contributed by atoms with Crippen LogP contribution in [0.15, 0.2) is 24.3 Å². The van der Waals surface area contributed by atoms with Crippen molar-refractivity contribution in [3.05, 3.63) is 41.3 Å². The lowest BCUT2D eigenvalue weighted by molar-refractivity contribution is -0.140. The molecule has 0 saturated carbocycles. The first-order valence-electron chi connectivity index (χ1n) is 7.31. The Kier molecular flexibility index (Phi) is 5.26. The number of pyridine rings is 1. The number of aryl methyl sites for hydroxylation is 1. The van der Waals surface area contributed by atoms with Gasteiger partial charge in [-0.1, -0.05) is 0 Å². The molecule has 1 amide bonds. The molecule has 0 radical (unpaired) electrons. The van der Waals surface area contributed by atoms with Crippen LogP contribution in [0.2, 0.25) is 0 Å². The predicted octanol–water partition coefficient (Wildman–Crippen LogP) is 2.71. The summed E-state index contributed by atoms with van der Waals surface area (Å²) in [6.45, 7) is 2.16. The Balaban J connectivity index is 2.15. The van der Waals surface area contributed by atoms with Crippen LogP contribution in [-0.4, -0.2) is 42.5 Å². The van der Waals surface area contributed by atoms with E-state index in [1.54, 1.807) is 31.0 Å². The van der Waals surface area contributed by atoms with Crippen LogP contribution in [-0.2, 0) is 9.53 Å². The van der Waals surface area contributed by atoms with Gasteiger partial charge in [-0.2, -0.15) is 0 Å². The molecule has 6 heteroatoms. The smallest absolute Gasteiger partial charge is 0.305 e. The summed E-state index contributed by atoms with van der Waals surface area (Å²) in [6.07, 6.45) is 0.794. The number of fused-ring (bicyclic) bond motifs is 1. The number of aromatic nitrogens is 1. The van der Waals surface area contributed by atoms with Crippen molar-refractivity contribution in [2.45, 2.75) is 19.8 Å². The maximum absolute atomic E-state index is 13.2. The van der Waals surface area contributed by atoms with Gasteiger partial charge in [0.05, 0.1) is 23.9 Å². The Morgan fingerprint density at radius 3 is 2.74 bits per heavy atom. The molecule has 0 aliphatic heterocycles. The summed E-state index contributed by atoms with van der Waals surface area (Å²) < 4.78 is 17.8. The average molecular weight is 318 g/mol. The molecule has 2 rings (SSSR count). The van der Waals surface area contributed by atoms with Gasteiger partial charge in [-0.25, -0.2) is 4.39 Å². The molecule has 0 aliphatic rings. The number of carbonyl (C=O) groups is 2. The van der Waals surface area contributed by atoms with E-state index in [1.807, 2.05) is 0 Å². The Hall–Kier alpha value is -2.50. The van der Waals surface area contributed by atoms with Crippen molar-refractivity contribution >= 4 is 22.8 Å². The molecule has 0 spiro atoms. The number of hydrogen-bond donors (Lipinski definition) is 0. The Morgan fingerprint density at radius 2 is 2.04 bits per heavy atom. The number of rotatable bonds is 5. The van der Waals surface area contributed by atoms with E-state index in [4.69, 9.17) is 0 Å². The molecule has 0 fully saturated rings. The number of benzene rings is 1. The molecule has 0 aliphatic carbocycles. The second-order valence-corrected chi connectivity index (χ2v) is 5.36. The molecule has 0 unspecified atom stereocenters. The van der Waals surface area contributed by atoms with Crippen LogP contribution in [0.5, 0.6) is 0 Å². The third kappa shape index (κ3) is 4.03. The SMILES string of the molecule is COC(=O)CCCN(C)C(=O)c1cc2ccc(F)cc2nc1C. The number of methoxy groups -OCH3 is 1. The number of halogens is 1. The lowest BCUT2D eigenvalue weighted by atomic mass is 10.1. The number of nitrogens with zero attached hydrogens (tertiary/aromatic N) is 2. The van der Waals surface area contributed by atoms with Crippen LogP contribution in [0.25, 0.3) is 10.9 Å². The van der Waals surface area contributed by atoms with Gasteiger partial charge in [0, 0.05) is 31.5 Å². The molecule has 0 bridgehead atoms. The van der Waals surface area contributed by atoms with Gasteiger partial charge >= 0.3 is 5.97 Å². The minimum atomic E-state index is -0.358. The first kappa shape index (κ1) is 16.9. The van der Waals surface area contributed by atoms with Crippen LogP contribution in [0.3, 0.4) is 0 Å². The molecule has 1 heterocycles. The van der Waals surface area contributed by atoms with Gasteiger partial charge in [-0.15, -0.1) is 0 Å². The molecule has 23 heavy (non-hydrogen) atoms. The monoisotopic (exact) mass is 318 g/mol. The third-order valence-corrected chi connectivity index (χ3v) is 3.65. The van der Waals surface area contributed by atoms with E-state index < -0.39 is 0 Å². The normalized spacial score (nSPS) is 10.6. The fourth-order valence-electron chi connectivity index (χ4n) is 2.32. The first-order chi connectivity index (χ1) is 10.9. The van der Waals surface area contributed by atoms with Crippen LogP contribution in [0.4, 0.5) is 4.39 Å². The molecule has 0 N–H and O–H groups in total. The van der Waals surface area contributed by atoms with E-state index in [2.05, 4.69) is 9.72 Å². The summed E-state index contributed by atoms with van der Waals surface area (Å²) in [4.78, 5) is 29.5. The molecule has 0 atom stereocenters. The summed E-state index contributed by atoms with van der Waals surface area (Å²) >= 11 is 0. The highest BCUT2D eigenvalue weighted by Gasteiger charge is 2.16. The van der Waals surface area contributed by atoms with Crippen molar-refractivity contribution in [2.24, 2.45) is 0 Å². The summed E-state index contributed by atoms with van der Waals surface area (Å²) in [5.74, 6) is -0.828. The predicted molar refractivity (Wildman–Crippen MR) is 84.6 cm³/mol. The maximum atomic E-state index is 13.2. The van der Waals surface area contributed by atoms with Crippen molar-refractivity contribution in [3.8, 4) is 0 Å². The minimum Gasteiger partial charge on any atom is -0.469 e. The fourth-order valence-corrected chi connectivity index (χ4v) is 2.32. The summed E-state index contributed by atoms with van der Waals surface area (Å²) in [6, 6.07) is 6.01. The molecular weight excluding hydrogens is 299 g/mol. The van der Waals surface area contributed by atoms with Gasteiger partial charge in [0.25, 0.3) is 5.91 Å². The number of amides is 1. The van der Waals surface area contributed by atoms with Crippen molar-refractivity contribution in [2.75, 3.05) is 20.7 Å². The van der Waals surface area contributed by atoms with Gasteiger partial charge < -0.3 is 9.64 Å². The Labute approximate surface area is 134 Å². The van der Waals surface area contributed by atoms with Crippen molar-refractivity contribution in [1.29, 1.82) is 0 Å². The zero-order valence-electron chi connectivity index (χ0n) is 13.4. The topological polar surface area (TPSA) is 59.5 Å². The largest absolute Gasteiger partial charge is 0.469 e. The van der Waals surface area contributed by atoms with E-state index in [1.165, 1.54) is 19.2 Å². The van der Waals surface area contributed by atoms with E-state index >= 15 is 0 Å². The van der Waals surface area contributed by atoms with Gasteiger partial charge in [0.15, 0.2) is 0 Å². The van der Waals surface area contributed by atoms with Crippen LogP contribution >= 0.6 is 0 Å². The molecule has 122 valence electrons. The average Bonchev–Trinajstić information content (AvgIpc) is 2.53. The van der Waals surface area contributed by atoms with Crippen molar-refractivity contribution < 1.29 is 18.7 Å². The van der Waals surface area contributed by atoms with Crippen LogP contribution in [0, 0.1) is 12.7 Å². The zero-order valence-corrected chi connectivity index (χ0v) is 13.4. The summed E-state index contributed by atoms with van der Waals surface area (Å²) in [7, 11) is 3.01. The van der Waals surface area contributed by atoms with Gasteiger partial charge in [0.2, 0.25) is 0 Å². The third-order valence-electron chi connectivity index (χ3n) is 3.65. The van der Waals surface area contributed by atoms with Gasteiger partial charge in [-0.05, 0) is 31.5 Å². The Morgan fingerprint density at radius 1 is 1.30 bits per heavy atom. The first-order valence-corrected chi connectivity index (χ1v) is 7.31. The summed E-state index contributed by atoms with van der Waals surface area (Å²) in [5, 5.41) is 0.711. The molecule has 5 nitrogen and oxygen atoms in total. The highest BCUT2D eigenvalue weighted by atomic mass is 19.1. The van der Waals surface area contributed by atoms with E-state index in [9.17, 15) is 14.0 Å². The molecule has 1 aromatic carbocycles. The fraction of sp³-hybridized carbons (Fsp3) is 0.353. The quantitative estimate of drug-likeness (QED) is 0.795. The highest BCUT2D eigenvalue weighted by molar-refractivity contribution is 5.98. The summed E-state index contributed by atoms with van der Waals surface area (Å²) in [5.41, 5.74) is 1.55. The lowest BCUT2D eigenvalue weighted by Gasteiger charge is -2.18. The molecule has 2 aromatic rings. The minimum absolute atomic E-state index is 0.175. The maximum Gasteiger partial charge on any atom is 0.305 e. The van der Waals surface area contributed by atoms with Gasteiger partial charge in [0.1, 0.15) is 5.82 Å². The van der Waals surface area contributed by atoms with Crippen LogP contribution in [0.1, 0.15) is 28.9 Å². The number of carbonyl (C=O) groups excluding carboxylic acids is 2. The molecular formula is C17H19FN2O3. The molecule has 0 saturated heterocycles. The van der Waals surface area contributed by atoms with Crippen LogP contribution < -0.4 is 0 Å². The highest BCUT2D eigenvalue weighted by Crippen LogP contribution is 2.19. The zero-order chi connectivity index (χ0) is 17.0. The van der Waals surface area contributed by atoms with E-state index in [0.717, 1.165) is 0 Å². The second kappa shape index (κ2) is 7.17. The van der Waals surface area contributed by atoms with Gasteiger partial charge in [-0.3, -0.25) is 14.6 Å². The number of ether oxygens (including phenoxy) is 1. The Bertz CT molecular complexity index is 746. The van der Waals surface area contributed by atoms with Crippen molar-refractivity contribution in [1.82, 2.24) is 9.88 Å². The van der Waals surface area contributed by atoms with E-state index in [0.29, 0.717) is 35.1 Å². The molecule has 1 aromatic heterocycles. The second-order valence-electron chi connectivity index (χ2n) is 5.36. The lowest BCUT2D eigenvalue weighted by Crippen LogP contribution is -2.29. The van der Waals surface area contributed by atoms with Crippen molar-refractivity contribution in [3.63, 3.8) is 0 Å². The number of hydrogen-bond acceptors (Lipinski definition) is 4. The number of esters is 1. The van der Waals surface area contributed by atoms with E-state index in [-0.39, 0.29) is 24.1 Å². The standard InChI is InChI=1S/C17H19FN2O3/c1-11-14(9-12-6-7-13(18)10-15(12)19-11)17(22)20(2)8-4-5-16(21)23-3/h6-7,9-10H,4-5,8H2,1-3H3.